The molecule has 0 unspecified atom stereocenters. The van der Waals surface area contributed by atoms with Crippen LogP contribution in [0.1, 0.15) is 0 Å². The fourth-order valence-corrected chi connectivity index (χ4v) is 1.85. The van der Waals surface area contributed by atoms with E-state index in [1.807, 2.05) is 24.3 Å². The Balaban J connectivity index is 2.38. The summed E-state index contributed by atoms with van der Waals surface area (Å²) in [6.07, 6.45) is 0. The number of nitrogens with one attached hydrogen (secondary N) is 1. The number of hydrogen-bond donors (Lipinski definition) is 1. The van der Waals surface area contributed by atoms with Crippen molar-refractivity contribution in [3.63, 3.8) is 0 Å². The zero-order valence-electron chi connectivity index (χ0n) is 12.0. The number of benzene rings is 1. The van der Waals surface area contributed by atoms with Crippen molar-refractivity contribution in [2.75, 3.05) is 31.4 Å². The van der Waals surface area contributed by atoms with Gasteiger partial charge in [-0.2, -0.15) is 0 Å². The van der Waals surface area contributed by atoms with Crippen LogP contribution in [-0.4, -0.2) is 31.1 Å². The molecule has 0 aliphatic carbocycles. The van der Waals surface area contributed by atoms with E-state index >= 15 is 0 Å². The molecule has 1 heterocycles. The van der Waals surface area contributed by atoms with Crippen LogP contribution in [0.25, 0.3) is 0 Å². The smallest absolute Gasteiger partial charge is 0.276 e. The number of nitrogens with zero attached hydrogens (tertiary/aromatic N) is 3. The number of rotatable bonds is 5. The largest absolute Gasteiger partial charge is 0.497 e. The molecule has 0 aliphatic rings. The molecular weight excluding hydrogens is 272 g/mol. The van der Waals surface area contributed by atoms with Crippen LogP contribution in [-0.2, 0) is 0 Å². The highest BCUT2D eigenvalue weighted by atomic mass is 16.6. The average Bonchev–Trinajstić information content (AvgIpc) is 2.53. The summed E-state index contributed by atoms with van der Waals surface area (Å²) < 4.78 is 5.11. The molecule has 110 valence electrons. The van der Waals surface area contributed by atoms with E-state index in [1.54, 1.807) is 26.1 Å². The van der Waals surface area contributed by atoms with E-state index in [1.165, 1.54) is 12.1 Å². The van der Waals surface area contributed by atoms with Gasteiger partial charge in [0.2, 0.25) is 0 Å². The molecule has 2 aromatic rings. The van der Waals surface area contributed by atoms with Crippen molar-refractivity contribution in [2.24, 2.45) is 0 Å². The van der Waals surface area contributed by atoms with Gasteiger partial charge in [0.25, 0.3) is 5.69 Å². The molecule has 0 atom stereocenters. The van der Waals surface area contributed by atoms with Crippen LogP contribution in [0.2, 0.25) is 0 Å². The van der Waals surface area contributed by atoms with Crippen molar-refractivity contribution in [2.45, 2.75) is 0 Å². The molecule has 7 nitrogen and oxygen atoms in total. The van der Waals surface area contributed by atoms with Crippen LogP contribution in [0.5, 0.6) is 5.75 Å². The van der Waals surface area contributed by atoms with Gasteiger partial charge in [-0.25, -0.2) is 4.98 Å². The van der Waals surface area contributed by atoms with Crippen LogP contribution in [0.4, 0.5) is 23.0 Å². The lowest BCUT2D eigenvalue weighted by atomic mass is 10.2. The minimum Gasteiger partial charge on any atom is -0.497 e. The Bertz CT molecular complexity index is 643. The summed E-state index contributed by atoms with van der Waals surface area (Å²) in [7, 11) is 5.07. The van der Waals surface area contributed by atoms with E-state index in [4.69, 9.17) is 4.74 Å². The molecule has 0 fully saturated rings. The summed E-state index contributed by atoms with van der Waals surface area (Å²) >= 11 is 0. The number of nitro groups is 1. The second-order valence-electron chi connectivity index (χ2n) is 4.33. The minimum absolute atomic E-state index is 0.00953. The summed E-state index contributed by atoms with van der Waals surface area (Å²) in [6, 6.07) is 10.2. The summed E-state index contributed by atoms with van der Waals surface area (Å²) in [5.74, 6) is 1.67. The van der Waals surface area contributed by atoms with Gasteiger partial charge in [0.05, 0.1) is 24.2 Å². The van der Waals surface area contributed by atoms with Crippen molar-refractivity contribution >= 4 is 23.0 Å². The SMILES string of the molecule is CNc1cc([N+](=O)[O-])cc(N(C)c2ccc(OC)cc2)n1. The fourth-order valence-electron chi connectivity index (χ4n) is 1.85. The predicted octanol–water partition coefficient (Wildman–Crippen LogP) is 2.81. The zero-order valence-corrected chi connectivity index (χ0v) is 12.0. The number of hydrogen-bond acceptors (Lipinski definition) is 6. The van der Waals surface area contributed by atoms with E-state index < -0.39 is 4.92 Å². The molecule has 1 aromatic heterocycles. The molecule has 2 rings (SSSR count). The Morgan fingerprint density at radius 1 is 1.29 bits per heavy atom. The Morgan fingerprint density at radius 3 is 2.48 bits per heavy atom. The standard InChI is InChI=1S/C14H16N4O3/c1-15-13-8-11(18(19)20)9-14(16-13)17(2)10-4-6-12(21-3)7-5-10/h4-9H,1-3H3,(H,15,16). The first-order valence-electron chi connectivity index (χ1n) is 6.27. The van der Waals surface area contributed by atoms with Crippen LogP contribution in [0.3, 0.4) is 0 Å². The third-order valence-corrected chi connectivity index (χ3v) is 3.07. The van der Waals surface area contributed by atoms with Gasteiger partial charge in [-0.1, -0.05) is 0 Å². The van der Waals surface area contributed by atoms with Crippen LogP contribution in [0.15, 0.2) is 36.4 Å². The first-order valence-corrected chi connectivity index (χ1v) is 6.27. The van der Waals surface area contributed by atoms with E-state index in [-0.39, 0.29) is 5.69 Å². The third-order valence-electron chi connectivity index (χ3n) is 3.07. The lowest BCUT2D eigenvalue weighted by Gasteiger charge is -2.19. The maximum atomic E-state index is 11.0. The second kappa shape index (κ2) is 6.08. The molecule has 0 saturated carbocycles. The molecule has 0 spiro atoms. The van der Waals surface area contributed by atoms with Crippen molar-refractivity contribution in [1.82, 2.24) is 4.98 Å². The molecule has 0 radical (unpaired) electrons. The number of aromatic nitrogens is 1. The van der Waals surface area contributed by atoms with Crippen molar-refractivity contribution in [3.05, 3.63) is 46.5 Å². The zero-order chi connectivity index (χ0) is 15.4. The first kappa shape index (κ1) is 14.6. The van der Waals surface area contributed by atoms with E-state index in [2.05, 4.69) is 10.3 Å². The molecular formula is C14H16N4O3. The molecule has 0 amide bonds. The van der Waals surface area contributed by atoms with Crippen LogP contribution in [0, 0.1) is 10.1 Å². The Hall–Kier alpha value is -2.83. The molecule has 21 heavy (non-hydrogen) atoms. The van der Waals surface area contributed by atoms with Gasteiger partial charge in [0.1, 0.15) is 17.4 Å². The highest BCUT2D eigenvalue weighted by molar-refractivity contribution is 5.64. The predicted molar refractivity (Wildman–Crippen MR) is 81.5 cm³/mol. The van der Waals surface area contributed by atoms with E-state index in [0.717, 1.165) is 11.4 Å². The lowest BCUT2D eigenvalue weighted by molar-refractivity contribution is -0.384. The summed E-state index contributed by atoms with van der Waals surface area (Å²) in [5.41, 5.74) is 0.843. The van der Waals surface area contributed by atoms with Gasteiger partial charge in [-0.05, 0) is 24.3 Å². The summed E-state index contributed by atoms with van der Waals surface area (Å²) in [6.45, 7) is 0. The molecule has 1 aromatic carbocycles. The second-order valence-corrected chi connectivity index (χ2v) is 4.33. The van der Waals surface area contributed by atoms with Gasteiger partial charge in [0.15, 0.2) is 0 Å². The Kier molecular flexibility index (Phi) is 4.22. The number of methoxy groups -OCH3 is 1. The average molecular weight is 288 g/mol. The summed E-state index contributed by atoms with van der Waals surface area (Å²) in [4.78, 5) is 16.6. The minimum atomic E-state index is -0.437. The Morgan fingerprint density at radius 2 is 1.95 bits per heavy atom. The summed E-state index contributed by atoms with van der Waals surface area (Å²) in [5, 5.41) is 13.8. The lowest BCUT2D eigenvalue weighted by Crippen LogP contribution is -2.12. The topological polar surface area (TPSA) is 80.5 Å². The van der Waals surface area contributed by atoms with Crippen molar-refractivity contribution < 1.29 is 9.66 Å². The normalized spacial score (nSPS) is 10.0. The highest BCUT2D eigenvalue weighted by Crippen LogP contribution is 2.28. The third kappa shape index (κ3) is 3.19. The van der Waals surface area contributed by atoms with Crippen LogP contribution >= 0.6 is 0 Å². The van der Waals surface area contributed by atoms with Gasteiger partial charge in [-0.3, -0.25) is 10.1 Å². The monoisotopic (exact) mass is 288 g/mol. The number of anilines is 3. The quantitative estimate of drug-likeness (QED) is 0.673. The van der Waals surface area contributed by atoms with Gasteiger partial charge >= 0.3 is 0 Å². The van der Waals surface area contributed by atoms with Crippen LogP contribution < -0.4 is 15.0 Å². The molecule has 0 saturated heterocycles. The number of pyridine rings is 1. The molecule has 0 aliphatic heterocycles. The van der Waals surface area contributed by atoms with Gasteiger partial charge in [0, 0.05) is 19.8 Å². The van der Waals surface area contributed by atoms with Gasteiger partial charge in [-0.15, -0.1) is 0 Å². The maximum absolute atomic E-state index is 11.0. The fraction of sp³-hybridized carbons (Fsp3) is 0.214. The Labute approximate surface area is 122 Å². The first-order chi connectivity index (χ1) is 10.0. The molecule has 0 bridgehead atoms. The maximum Gasteiger partial charge on any atom is 0.276 e. The van der Waals surface area contributed by atoms with E-state index in [9.17, 15) is 10.1 Å². The highest BCUT2D eigenvalue weighted by Gasteiger charge is 2.14. The van der Waals surface area contributed by atoms with Crippen molar-refractivity contribution in [3.8, 4) is 5.75 Å². The van der Waals surface area contributed by atoms with Gasteiger partial charge < -0.3 is 15.0 Å². The molecule has 7 heteroatoms. The van der Waals surface area contributed by atoms with Crippen molar-refractivity contribution in [1.29, 1.82) is 0 Å². The van der Waals surface area contributed by atoms with E-state index in [0.29, 0.717) is 11.6 Å². The molecule has 1 N–H and O–H groups in total. The number of ether oxygens (including phenoxy) is 1.